The Balaban J connectivity index is 1.66. The van der Waals surface area contributed by atoms with Gasteiger partial charge in [-0.3, -0.25) is 4.79 Å². The number of phenolic OH excluding ortho intramolecular Hbond substituents is 1. The van der Waals surface area contributed by atoms with Crippen LogP contribution in [0.1, 0.15) is 23.5 Å². The molecule has 2 aromatic heterocycles. The number of thiophene rings is 1. The first-order valence-electron chi connectivity index (χ1n) is 9.42. The van der Waals surface area contributed by atoms with Gasteiger partial charge in [0.1, 0.15) is 11.6 Å². The minimum absolute atomic E-state index is 0.0779. The van der Waals surface area contributed by atoms with Gasteiger partial charge < -0.3 is 21.5 Å². The highest BCUT2D eigenvalue weighted by Crippen LogP contribution is 2.36. The SMILES string of the molecule is CC(C)NC(=O)c1cc2cc(-c3cc(Nc4ccnc(N)n4)ccc3O)ccc2s1. The average Bonchev–Trinajstić information content (AvgIpc) is 3.12. The number of phenols is 1. The van der Waals surface area contributed by atoms with Crippen LogP contribution in [0.25, 0.3) is 21.2 Å². The van der Waals surface area contributed by atoms with E-state index in [9.17, 15) is 9.90 Å². The molecule has 0 radical (unpaired) electrons. The van der Waals surface area contributed by atoms with Crippen LogP contribution in [0.4, 0.5) is 17.5 Å². The minimum Gasteiger partial charge on any atom is -0.507 e. The number of amides is 1. The third kappa shape index (κ3) is 4.18. The fourth-order valence-electron chi connectivity index (χ4n) is 3.09. The number of hydrogen-bond donors (Lipinski definition) is 4. The number of nitrogens with zero attached hydrogens (tertiary/aromatic N) is 2. The van der Waals surface area contributed by atoms with Crippen molar-refractivity contribution in [2.75, 3.05) is 11.1 Å². The second-order valence-corrected chi connectivity index (χ2v) is 8.23. The van der Waals surface area contributed by atoms with Gasteiger partial charge in [0.05, 0.1) is 4.88 Å². The summed E-state index contributed by atoms with van der Waals surface area (Å²) in [6.07, 6.45) is 1.57. The quantitative estimate of drug-likeness (QED) is 0.354. The van der Waals surface area contributed by atoms with Gasteiger partial charge >= 0.3 is 0 Å². The molecular formula is C22H21N5O2S. The Morgan fingerprint density at radius 3 is 2.73 bits per heavy atom. The lowest BCUT2D eigenvalue weighted by Crippen LogP contribution is -2.29. The molecule has 2 aromatic carbocycles. The van der Waals surface area contributed by atoms with Crippen LogP contribution in [-0.2, 0) is 0 Å². The average molecular weight is 420 g/mol. The van der Waals surface area contributed by atoms with Crippen molar-refractivity contribution in [1.29, 1.82) is 0 Å². The lowest BCUT2D eigenvalue weighted by atomic mass is 10.0. The number of rotatable bonds is 5. The molecule has 0 saturated heterocycles. The maximum atomic E-state index is 12.3. The molecule has 4 aromatic rings. The summed E-state index contributed by atoms with van der Waals surface area (Å²) in [5.41, 5.74) is 7.90. The molecule has 0 aliphatic carbocycles. The molecule has 0 bridgehead atoms. The third-order valence-electron chi connectivity index (χ3n) is 4.41. The lowest BCUT2D eigenvalue weighted by Gasteiger charge is -2.10. The number of nitrogens with one attached hydrogen (secondary N) is 2. The second-order valence-electron chi connectivity index (χ2n) is 7.15. The highest BCUT2D eigenvalue weighted by atomic mass is 32.1. The van der Waals surface area contributed by atoms with E-state index in [-0.39, 0.29) is 23.6 Å². The zero-order valence-corrected chi connectivity index (χ0v) is 17.3. The smallest absolute Gasteiger partial charge is 0.261 e. The van der Waals surface area contributed by atoms with Crippen LogP contribution in [0.2, 0.25) is 0 Å². The van der Waals surface area contributed by atoms with Gasteiger partial charge in [-0.25, -0.2) is 4.98 Å². The van der Waals surface area contributed by atoms with Crippen LogP contribution in [0.3, 0.4) is 0 Å². The number of hydrogen-bond acceptors (Lipinski definition) is 7. The van der Waals surface area contributed by atoms with Gasteiger partial charge in [0.25, 0.3) is 5.91 Å². The number of aromatic nitrogens is 2. The Bertz CT molecular complexity index is 1240. The van der Waals surface area contributed by atoms with E-state index in [0.29, 0.717) is 16.3 Å². The zero-order valence-electron chi connectivity index (χ0n) is 16.5. The number of aromatic hydroxyl groups is 1. The largest absolute Gasteiger partial charge is 0.507 e. The molecule has 30 heavy (non-hydrogen) atoms. The Kier molecular flexibility index (Phi) is 5.24. The van der Waals surface area contributed by atoms with Gasteiger partial charge in [-0.05, 0) is 67.3 Å². The van der Waals surface area contributed by atoms with Crippen molar-refractivity contribution in [2.45, 2.75) is 19.9 Å². The van der Waals surface area contributed by atoms with Gasteiger partial charge in [0, 0.05) is 28.2 Å². The number of fused-ring (bicyclic) bond motifs is 1. The van der Waals surface area contributed by atoms with E-state index in [4.69, 9.17) is 5.73 Å². The highest BCUT2D eigenvalue weighted by Gasteiger charge is 2.13. The molecule has 0 unspecified atom stereocenters. The van der Waals surface area contributed by atoms with Crippen molar-refractivity contribution in [1.82, 2.24) is 15.3 Å². The van der Waals surface area contributed by atoms with Crippen LogP contribution in [0.5, 0.6) is 5.75 Å². The van der Waals surface area contributed by atoms with Crippen molar-refractivity contribution in [3.05, 3.63) is 59.6 Å². The minimum atomic E-state index is -0.0779. The first-order valence-corrected chi connectivity index (χ1v) is 10.2. The Labute approximate surface area is 177 Å². The number of nitrogen functional groups attached to an aromatic ring is 1. The molecule has 0 aliphatic heterocycles. The van der Waals surface area contributed by atoms with Crippen molar-refractivity contribution in [3.63, 3.8) is 0 Å². The number of carbonyl (C=O) groups excluding carboxylic acids is 1. The van der Waals surface area contributed by atoms with Crippen molar-refractivity contribution in [2.24, 2.45) is 0 Å². The summed E-state index contributed by atoms with van der Waals surface area (Å²) in [4.78, 5) is 21.0. The third-order valence-corrected chi connectivity index (χ3v) is 5.53. The van der Waals surface area contributed by atoms with E-state index in [1.807, 2.05) is 44.2 Å². The maximum absolute atomic E-state index is 12.3. The molecule has 0 aliphatic rings. The summed E-state index contributed by atoms with van der Waals surface area (Å²) in [6.45, 7) is 3.87. The molecule has 0 atom stereocenters. The van der Waals surface area contributed by atoms with E-state index >= 15 is 0 Å². The molecule has 1 amide bonds. The monoisotopic (exact) mass is 419 g/mol. The summed E-state index contributed by atoms with van der Waals surface area (Å²) >= 11 is 1.45. The Hall–Kier alpha value is -3.65. The van der Waals surface area contributed by atoms with Gasteiger partial charge in [-0.15, -0.1) is 11.3 Å². The molecule has 2 heterocycles. The van der Waals surface area contributed by atoms with Crippen LogP contribution >= 0.6 is 11.3 Å². The summed E-state index contributed by atoms with van der Waals surface area (Å²) < 4.78 is 1.01. The normalized spacial score (nSPS) is 11.0. The van der Waals surface area contributed by atoms with E-state index in [1.54, 1.807) is 24.4 Å². The molecule has 4 rings (SSSR count). The molecule has 5 N–H and O–H groups in total. The zero-order chi connectivity index (χ0) is 21.3. The van der Waals surface area contributed by atoms with Gasteiger partial charge in [0.15, 0.2) is 0 Å². The standard InChI is InChI=1S/C22H21N5O2S/c1-12(2)25-21(29)19-10-14-9-13(3-6-18(14)30-19)16-11-15(4-5-17(16)28)26-20-7-8-24-22(23)27-20/h3-12,28H,1-2H3,(H,25,29)(H3,23,24,26,27). The van der Waals surface area contributed by atoms with Crippen molar-refractivity contribution in [3.8, 4) is 16.9 Å². The molecular weight excluding hydrogens is 398 g/mol. The Morgan fingerprint density at radius 1 is 1.13 bits per heavy atom. The molecule has 8 heteroatoms. The molecule has 152 valence electrons. The van der Waals surface area contributed by atoms with Crippen molar-refractivity contribution < 1.29 is 9.90 Å². The number of nitrogens with two attached hydrogens (primary N) is 1. The van der Waals surface area contributed by atoms with Crippen molar-refractivity contribution >= 4 is 44.8 Å². The lowest BCUT2D eigenvalue weighted by molar-refractivity contribution is 0.0947. The van der Waals surface area contributed by atoms with E-state index in [1.165, 1.54) is 11.3 Å². The van der Waals surface area contributed by atoms with E-state index in [0.717, 1.165) is 21.3 Å². The van der Waals surface area contributed by atoms with Crippen LogP contribution in [0.15, 0.2) is 54.7 Å². The fourth-order valence-corrected chi connectivity index (χ4v) is 4.04. The molecule has 0 saturated carbocycles. The van der Waals surface area contributed by atoms with Gasteiger partial charge in [0.2, 0.25) is 5.95 Å². The van der Waals surface area contributed by atoms with E-state index < -0.39 is 0 Å². The first-order chi connectivity index (χ1) is 14.4. The van der Waals surface area contributed by atoms with Crippen LogP contribution < -0.4 is 16.4 Å². The predicted molar refractivity (Wildman–Crippen MR) is 121 cm³/mol. The maximum Gasteiger partial charge on any atom is 0.261 e. The van der Waals surface area contributed by atoms with Crippen LogP contribution in [0, 0.1) is 0 Å². The predicted octanol–water partition coefficient (Wildman–Crippen LogP) is 4.53. The highest BCUT2D eigenvalue weighted by molar-refractivity contribution is 7.20. The molecule has 0 fully saturated rings. The summed E-state index contributed by atoms with van der Waals surface area (Å²) in [5.74, 6) is 0.827. The van der Waals surface area contributed by atoms with Gasteiger partial charge in [-0.1, -0.05) is 6.07 Å². The first kappa shape index (κ1) is 19.7. The topological polar surface area (TPSA) is 113 Å². The van der Waals surface area contributed by atoms with E-state index in [2.05, 4.69) is 20.6 Å². The number of benzene rings is 2. The number of carbonyl (C=O) groups is 1. The number of anilines is 3. The van der Waals surface area contributed by atoms with Gasteiger partial charge in [-0.2, -0.15) is 4.98 Å². The molecule has 7 nitrogen and oxygen atoms in total. The summed E-state index contributed by atoms with van der Waals surface area (Å²) in [6, 6.07) is 14.8. The second kappa shape index (κ2) is 8.00. The van der Waals surface area contributed by atoms with Crippen LogP contribution in [-0.4, -0.2) is 27.0 Å². The molecule has 0 spiro atoms. The summed E-state index contributed by atoms with van der Waals surface area (Å²) in [7, 11) is 0. The fraction of sp³-hybridized carbons (Fsp3) is 0.136. The summed E-state index contributed by atoms with van der Waals surface area (Å²) in [5, 5.41) is 17.5. The Morgan fingerprint density at radius 2 is 1.97 bits per heavy atom.